The Hall–Kier alpha value is -2.60. The molecule has 0 aliphatic heterocycles. The van der Waals surface area contributed by atoms with Crippen molar-refractivity contribution in [3.05, 3.63) is 47.2 Å². The van der Waals surface area contributed by atoms with E-state index in [0.29, 0.717) is 16.5 Å². The molecule has 0 saturated heterocycles. The Labute approximate surface area is 163 Å². The second-order valence-electron chi connectivity index (χ2n) is 6.58. The van der Waals surface area contributed by atoms with Gasteiger partial charge in [0.25, 0.3) is 0 Å². The summed E-state index contributed by atoms with van der Waals surface area (Å²) in [4.78, 5) is 23.7. The number of carbonyl (C=O) groups excluding carboxylic acids is 2. The van der Waals surface area contributed by atoms with E-state index in [1.165, 1.54) is 12.6 Å². The predicted molar refractivity (Wildman–Crippen MR) is 105 cm³/mol. The third kappa shape index (κ3) is 5.96. The first-order valence-corrected chi connectivity index (χ1v) is 9.45. The summed E-state index contributed by atoms with van der Waals surface area (Å²) in [7, 11) is 0. The van der Waals surface area contributed by atoms with Gasteiger partial charge in [-0.25, -0.2) is 5.43 Å². The lowest BCUT2D eigenvalue weighted by atomic mass is 9.95. The van der Waals surface area contributed by atoms with Crippen molar-refractivity contribution < 1.29 is 14.0 Å². The Kier molecular flexibility index (Phi) is 6.65. The van der Waals surface area contributed by atoms with Gasteiger partial charge in [-0.2, -0.15) is 5.10 Å². The third-order valence-corrected chi connectivity index (χ3v) is 4.64. The van der Waals surface area contributed by atoms with Gasteiger partial charge in [0.05, 0.1) is 6.21 Å². The Balaban J connectivity index is 1.46. The molecule has 7 heteroatoms. The number of nitrogens with one attached hydrogen (secondary N) is 2. The van der Waals surface area contributed by atoms with Gasteiger partial charge in [0.15, 0.2) is 0 Å². The molecule has 27 heavy (non-hydrogen) atoms. The lowest BCUT2D eigenvalue weighted by Gasteiger charge is -2.22. The largest absolute Gasteiger partial charge is 0.455 e. The molecular weight excluding hydrogens is 366 g/mol. The van der Waals surface area contributed by atoms with E-state index >= 15 is 0 Å². The fourth-order valence-electron chi connectivity index (χ4n) is 3.10. The number of amides is 2. The van der Waals surface area contributed by atoms with Crippen LogP contribution in [-0.4, -0.2) is 24.1 Å². The van der Waals surface area contributed by atoms with Crippen molar-refractivity contribution >= 4 is 29.6 Å². The standard InChI is InChI=1S/C20H22ClN3O3/c21-15-6-4-5-14(11-15)18-10-9-17(27-18)13-22-24-20(26)12-19(25)23-16-7-2-1-3-8-16/h4-6,9-11,13,16H,1-3,7-8,12H2,(H,23,25)(H,24,26)/b22-13-. The van der Waals surface area contributed by atoms with Gasteiger partial charge >= 0.3 is 0 Å². The van der Waals surface area contributed by atoms with Crippen LogP contribution in [0.25, 0.3) is 11.3 Å². The molecule has 1 heterocycles. The van der Waals surface area contributed by atoms with Crippen LogP contribution in [-0.2, 0) is 9.59 Å². The molecule has 142 valence electrons. The Morgan fingerprint density at radius 3 is 2.74 bits per heavy atom. The normalized spacial score (nSPS) is 15.0. The molecule has 1 saturated carbocycles. The van der Waals surface area contributed by atoms with Crippen LogP contribution in [0.1, 0.15) is 44.3 Å². The zero-order chi connectivity index (χ0) is 19.1. The number of rotatable bonds is 6. The molecule has 2 aromatic rings. The van der Waals surface area contributed by atoms with E-state index in [1.807, 2.05) is 12.1 Å². The lowest BCUT2D eigenvalue weighted by molar-refractivity contribution is -0.129. The molecule has 1 aromatic carbocycles. The van der Waals surface area contributed by atoms with Crippen molar-refractivity contribution in [3.63, 3.8) is 0 Å². The number of halogens is 1. The number of nitrogens with zero attached hydrogens (tertiary/aromatic N) is 1. The lowest BCUT2D eigenvalue weighted by Crippen LogP contribution is -2.38. The van der Waals surface area contributed by atoms with Crippen LogP contribution in [0.3, 0.4) is 0 Å². The highest BCUT2D eigenvalue weighted by molar-refractivity contribution is 6.30. The molecule has 0 radical (unpaired) electrons. The van der Waals surface area contributed by atoms with Gasteiger partial charge in [-0.1, -0.05) is 43.0 Å². The molecule has 2 N–H and O–H groups in total. The van der Waals surface area contributed by atoms with Gasteiger partial charge in [-0.3, -0.25) is 9.59 Å². The number of hydrogen-bond donors (Lipinski definition) is 2. The summed E-state index contributed by atoms with van der Waals surface area (Å²) in [6, 6.07) is 11.0. The Bertz CT molecular complexity index is 825. The number of benzene rings is 1. The molecule has 0 atom stereocenters. The maximum absolute atomic E-state index is 11.9. The predicted octanol–water partition coefficient (Wildman–Crippen LogP) is 3.89. The van der Waals surface area contributed by atoms with Crippen LogP contribution in [0, 0.1) is 0 Å². The van der Waals surface area contributed by atoms with Crippen molar-refractivity contribution in [2.45, 2.75) is 44.6 Å². The first kappa shape index (κ1) is 19.2. The molecule has 0 bridgehead atoms. The van der Waals surface area contributed by atoms with E-state index in [0.717, 1.165) is 31.2 Å². The van der Waals surface area contributed by atoms with E-state index in [4.69, 9.17) is 16.0 Å². The van der Waals surface area contributed by atoms with Gasteiger partial charge in [-0.05, 0) is 37.1 Å². The van der Waals surface area contributed by atoms with Gasteiger partial charge < -0.3 is 9.73 Å². The topological polar surface area (TPSA) is 83.7 Å². The second-order valence-corrected chi connectivity index (χ2v) is 7.02. The molecule has 0 unspecified atom stereocenters. The number of hydrazone groups is 1. The average molecular weight is 388 g/mol. The average Bonchev–Trinajstić information content (AvgIpc) is 3.11. The molecule has 2 amide bonds. The smallest absolute Gasteiger partial charge is 0.249 e. The van der Waals surface area contributed by atoms with Gasteiger partial charge in [-0.15, -0.1) is 0 Å². The van der Waals surface area contributed by atoms with E-state index in [1.54, 1.807) is 24.3 Å². The van der Waals surface area contributed by atoms with E-state index in [-0.39, 0.29) is 18.4 Å². The number of hydrogen-bond acceptors (Lipinski definition) is 4. The molecule has 3 rings (SSSR count). The molecule has 0 spiro atoms. The zero-order valence-corrected chi connectivity index (χ0v) is 15.7. The van der Waals surface area contributed by atoms with Crippen LogP contribution in [0.15, 0.2) is 45.9 Å². The quantitative estimate of drug-likeness (QED) is 0.448. The van der Waals surface area contributed by atoms with Gasteiger partial charge in [0.2, 0.25) is 11.8 Å². The monoisotopic (exact) mass is 387 g/mol. The highest BCUT2D eigenvalue weighted by atomic mass is 35.5. The van der Waals surface area contributed by atoms with Crippen LogP contribution < -0.4 is 10.7 Å². The van der Waals surface area contributed by atoms with Crippen molar-refractivity contribution in [3.8, 4) is 11.3 Å². The molecule has 1 aliphatic rings. The van der Waals surface area contributed by atoms with Crippen LogP contribution in [0.2, 0.25) is 5.02 Å². The molecular formula is C20H22ClN3O3. The fourth-order valence-corrected chi connectivity index (χ4v) is 3.29. The summed E-state index contributed by atoms with van der Waals surface area (Å²) >= 11 is 5.97. The minimum absolute atomic E-state index is 0.190. The van der Waals surface area contributed by atoms with Crippen molar-refractivity contribution in [1.82, 2.24) is 10.7 Å². The van der Waals surface area contributed by atoms with Crippen molar-refractivity contribution in [2.75, 3.05) is 0 Å². The maximum atomic E-state index is 11.9. The van der Waals surface area contributed by atoms with E-state index in [2.05, 4.69) is 15.8 Å². The molecule has 1 aliphatic carbocycles. The molecule has 1 fully saturated rings. The summed E-state index contributed by atoms with van der Waals surface area (Å²) in [6.45, 7) is 0. The minimum Gasteiger partial charge on any atom is -0.455 e. The van der Waals surface area contributed by atoms with E-state index in [9.17, 15) is 9.59 Å². The minimum atomic E-state index is -0.457. The van der Waals surface area contributed by atoms with Crippen LogP contribution in [0.4, 0.5) is 0 Å². The third-order valence-electron chi connectivity index (χ3n) is 4.41. The van der Waals surface area contributed by atoms with Gasteiger partial charge in [0.1, 0.15) is 17.9 Å². The Morgan fingerprint density at radius 2 is 1.96 bits per heavy atom. The SMILES string of the molecule is O=C(CC(=O)NC1CCCCC1)N/N=C\c1ccc(-c2cccc(Cl)c2)o1. The zero-order valence-electron chi connectivity index (χ0n) is 14.9. The van der Waals surface area contributed by atoms with Crippen molar-refractivity contribution in [1.29, 1.82) is 0 Å². The first-order chi connectivity index (χ1) is 13.1. The summed E-state index contributed by atoms with van der Waals surface area (Å²) in [5, 5.41) is 7.37. The number of carbonyl (C=O) groups is 2. The highest BCUT2D eigenvalue weighted by Crippen LogP contribution is 2.24. The summed E-state index contributed by atoms with van der Waals surface area (Å²) < 4.78 is 5.65. The highest BCUT2D eigenvalue weighted by Gasteiger charge is 2.17. The number of furan rings is 1. The first-order valence-electron chi connectivity index (χ1n) is 9.07. The summed E-state index contributed by atoms with van der Waals surface area (Å²) in [6.07, 6.45) is 6.60. The second kappa shape index (κ2) is 9.37. The van der Waals surface area contributed by atoms with E-state index < -0.39 is 5.91 Å². The maximum Gasteiger partial charge on any atom is 0.249 e. The summed E-state index contributed by atoms with van der Waals surface area (Å²) in [5.74, 6) is 0.408. The van der Waals surface area contributed by atoms with Crippen molar-refractivity contribution in [2.24, 2.45) is 5.10 Å². The van der Waals surface area contributed by atoms with Gasteiger partial charge in [0, 0.05) is 16.6 Å². The molecule has 6 nitrogen and oxygen atoms in total. The van der Waals surface area contributed by atoms with Crippen LogP contribution in [0.5, 0.6) is 0 Å². The molecule has 1 aromatic heterocycles. The Morgan fingerprint density at radius 1 is 1.15 bits per heavy atom. The summed E-state index contributed by atoms with van der Waals surface area (Å²) in [5.41, 5.74) is 3.20. The fraction of sp³-hybridized carbons (Fsp3) is 0.350. The van der Waals surface area contributed by atoms with Crippen LogP contribution >= 0.6 is 11.6 Å².